The van der Waals surface area contributed by atoms with Crippen LogP contribution in [0.25, 0.3) is 20.8 Å². The molecule has 3 aliphatic rings. The summed E-state index contributed by atoms with van der Waals surface area (Å²) < 4.78 is 18.3. The molecule has 1 atom stereocenters. The molecule has 2 saturated heterocycles. The topological polar surface area (TPSA) is 102 Å². The number of carbonyl (C=O) groups excluding carboxylic acids is 1. The van der Waals surface area contributed by atoms with Crippen molar-refractivity contribution < 1.29 is 19.0 Å². The SMILES string of the molecule is COc1nc(N2CCOCC2)nc(N[C@@H]2CCCN(C(=O)OC(C)(C)C)C2)c1-c1nc2cccc(C3CC3)c2s1. The largest absolute Gasteiger partial charge is 0.480 e. The van der Waals surface area contributed by atoms with Gasteiger partial charge in [-0.2, -0.15) is 9.97 Å². The molecule has 3 aromatic rings. The molecule has 4 heterocycles. The van der Waals surface area contributed by atoms with Gasteiger partial charge in [0.1, 0.15) is 22.0 Å². The van der Waals surface area contributed by atoms with Gasteiger partial charge < -0.3 is 29.3 Å². The van der Waals surface area contributed by atoms with Crippen molar-refractivity contribution in [1.29, 1.82) is 0 Å². The van der Waals surface area contributed by atoms with Gasteiger partial charge in [-0.25, -0.2) is 9.78 Å². The van der Waals surface area contributed by atoms with Crippen molar-refractivity contribution in [3.8, 4) is 16.5 Å². The maximum absolute atomic E-state index is 12.9. The number of nitrogens with one attached hydrogen (secondary N) is 1. The second-order valence-corrected chi connectivity index (χ2v) is 12.8. The fourth-order valence-corrected chi connectivity index (χ4v) is 6.55. The molecule has 214 valence electrons. The van der Waals surface area contributed by atoms with Gasteiger partial charge >= 0.3 is 6.09 Å². The zero-order valence-electron chi connectivity index (χ0n) is 23.7. The molecule has 2 aliphatic heterocycles. The lowest BCUT2D eigenvalue weighted by Gasteiger charge is -2.35. The van der Waals surface area contributed by atoms with Gasteiger partial charge in [0.25, 0.3) is 0 Å². The van der Waals surface area contributed by atoms with Gasteiger partial charge in [0.15, 0.2) is 0 Å². The molecule has 0 spiro atoms. The van der Waals surface area contributed by atoms with Crippen LogP contribution in [0.15, 0.2) is 18.2 Å². The molecule has 6 rings (SSSR count). The number of aromatic nitrogens is 3. The third-order valence-corrected chi connectivity index (χ3v) is 8.58. The second-order valence-electron chi connectivity index (χ2n) is 11.8. The van der Waals surface area contributed by atoms with E-state index in [4.69, 9.17) is 29.2 Å². The first-order chi connectivity index (χ1) is 19.3. The van der Waals surface area contributed by atoms with Gasteiger partial charge in [-0.3, -0.25) is 0 Å². The summed E-state index contributed by atoms with van der Waals surface area (Å²) in [6, 6.07) is 6.39. The standard InChI is InChI=1S/C29H38N6O4S/c1-29(2,3)39-28(36)35-12-6-7-19(17-35)30-24-22(25(37-4)33-27(32-24)34-13-15-38-16-14-34)26-31-21-9-5-8-20(18-10-11-18)23(21)40-26/h5,8-9,18-19H,6-7,10-17H2,1-4H3,(H,30,32,33)/t19-/m1/s1. The van der Waals surface area contributed by atoms with Crippen molar-refractivity contribution in [2.45, 2.75) is 64.0 Å². The van der Waals surface area contributed by atoms with E-state index in [0.717, 1.165) is 28.9 Å². The summed E-state index contributed by atoms with van der Waals surface area (Å²) in [4.78, 5) is 31.7. The van der Waals surface area contributed by atoms with Crippen LogP contribution in [0.3, 0.4) is 0 Å². The molecule has 3 fully saturated rings. The molecule has 1 aromatic carbocycles. The highest BCUT2D eigenvalue weighted by molar-refractivity contribution is 7.22. The lowest BCUT2D eigenvalue weighted by atomic mass is 10.1. The monoisotopic (exact) mass is 566 g/mol. The third-order valence-electron chi connectivity index (χ3n) is 7.44. The van der Waals surface area contributed by atoms with Gasteiger partial charge in [-0.1, -0.05) is 12.1 Å². The van der Waals surface area contributed by atoms with Crippen LogP contribution in [0.2, 0.25) is 0 Å². The van der Waals surface area contributed by atoms with Crippen LogP contribution in [0, 0.1) is 0 Å². The van der Waals surface area contributed by atoms with Crippen molar-refractivity contribution in [3.63, 3.8) is 0 Å². The number of hydrogen-bond acceptors (Lipinski definition) is 10. The molecular formula is C29H38N6O4S. The number of carbonyl (C=O) groups is 1. The van der Waals surface area contributed by atoms with E-state index in [1.54, 1.807) is 23.3 Å². The number of amides is 1. The zero-order chi connectivity index (χ0) is 27.9. The van der Waals surface area contributed by atoms with Crippen LogP contribution < -0.4 is 15.0 Å². The Hall–Kier alpha value is -3.18. The first kappa shape index (κ1) is 27.0. The highest BCUT2D eigenvalue weighted by Gasteiger charge is 2.31. The molecule has 1 N–H and O–H groups in total. The lowest BCUT2D eigenvalue weighted by molar-refractivity contribution is 0.0206. The van der Waals surface area contributed by atoms with Crippen molar-refractivity contribution in [2.75, 3.05) is 56.7 Å². The summed E-state index contributed by atoms with van der Waals surface area (Å²) in [5, 5.41) is 4.50. The number of rotatable bonds is 6. The van der Waals surface area contributed by atoms with Crippen molar-refractivity contribution in [2.24, 2.45) is 0 Å². The van der Waals surface area contributed by atoms with E-state index >= 15 is 0 Å². The number of morpholine rings is 1. The third kappa shape index (κ3) is 5.81. The Balaban J connectivity index is 1.37. The van der Waals surface area contributed by atoms with E-state index in [9.17, 15) is 4.79 Å². The summed E-state index contributed by atoms with van der Waals surface area (Å²) in [6.07, 6.45) is 3.96. The summed E-state index contributed by atoms with van der Waals surface area (Å²) in [6.45, 7) is 9.56. The van der Waals surface area contributed by atoms with Gasteiger partial charge in [0, 0.05) is 32.2 Å². The van der Waals surface area contributed by atoms with Crippen LogP contribution in [-0.4, -0.2) is 84.1 Å². The average molecular weight is 567 g/mol. The van der Waals surface area contributed by atoms with Crippen LogP contribution >= 0.6 is 11.3 Å². The first-order valence-electron chi connectivity index (χ1n) is 14.2. The minimum Gasteiger partial charge on any atom is -0.480 e. The van der Waals surface area contributed by atoms with Gasteiger partial charge in [-0.05, 0) is 64.0 Å². The van der Waals surface area contributed by atoms with E-state index < -0.39 is 5.60 Å². The summed E-state index contributed by atoms with van der Waals surface area (Å²) >= 11 is 1.68. The smallest absolute Gasteiger partial charge is 0.410 e. The fraction of sp³-hybridized carbons (Fsp3) is 0.586. The maximum Gasteiger partial charge on any atom is 0.410 e. The number of anilines is 2. The molecule has 1 aliphatic carbocycles. The van der Waals surface area contributed by atoms with E-state index in [2.05, 4.69) is 28.4 Å². The Morgan fingerprint density at radius 2 is 1.90 bits per heavy atom. The Morgan fingerprint density at radius 3 is 2.62 bits per heavy atom. The van der Waals surface area contributed by atoms with E-state index in [-0.39, 0.29) is 12.1 Å². The molecule has 40 heavy (non-hydrogen) atoms. The second kappa shape index (κ2) is 11.0. The number of likely N-dealkylation sites (tertiary alicyclic amines) is 1. The molecule has 0 bridgehead atoms. The molecule has 0 radical (unpaired) electrons. The minimum atomic E-state index is -0.538. The highest BCUT2D eigenvalue weighted by atomic mass is 32.1. The first-order valence-corrected chi connectivity index (χ1v) is 15.0. The molecular weight excluding hydrogens is 528 g/mol. The number of methoxy groups -OCH3 is 1. The van der Waals surface area contributed by atoms with Gasteiger partial charge in [0.05, 0.1) is 30.5 Å². The Bertz CT molecular complexity index is 1380. The van der Waals surface area contributed by atoms with Crippen LogP contribution in [0.1, 0.15) is 57.9 Å². The number of piperidine rings is 1. The van der Waals surface area contributed by atoms with E-state index in [0.29, 0.717) is 63.0 Å². The summed E-state index contributed by atoms with van der Waals surface area (Å²) in [5.74, 6) is 2.39. The normalized spacial score (nSPS) is 20.1. The number of fused-ring (bicyclic) bond motifs is 1. The average Bonchev–Trinajstić information content (AvgIpc) is 3.70. The molecule has 11 heteroatoms. The van der Waals surface area contributed by atoms with Crippen molar-refractivity contribution in [1.82, 2.24) is 19.9 Å². The number of ether oxygens (including phenoxy) is 3. The van der Waals surface area contributed by atoms with Crippen molar-refractivity contribution in [3.05, 3.63) is 23.8 Å². The molecule has 1 saturated carbocycles. The van der Waals surface area contributed by atoms with Gasteiger partial charge in [-0.15, -0.1) is 11.3 Å². The Kier molecular flexibility index (Phi) is 7.43. The number of thiazole rings is 1. The van der Waals surface area contributed by atoms with E-state index in [1.807, 2.05) is 20.8 Å². The van der Waals surface area contributed by atoms with Crippen LogP contribution in [0.5, 0.6) is 5.88 Å². The van der Waals surface area contributed by atoms with E-state index in [1.165, 1.54) is 23.1 Å². The number of hydrogen-bond donors (Lipinski definition) is 1. The predicted octanol–water partition coefficient (Wildman–Crippen LogP) is 5.29. The quantitative estimate of drug-likeness (QED) is 0.427. The Labute approximate surface area is 239 Å². The summed E-state index contributed by atoms with van der Waals surface area (Å²) in [7, 11) is 1.65. The molecule has 1 amide bonds. The maximum atomic E-state index is 12.9. The van der Waals surface area contributed by atoms with Crippen LogP contribution in [-0.2, 0) is 9.47 Å². The molecule has 2 aromatic heterocycles. The van der Waals surface area contributed by atoms with Crippen molar-refractivity contribution >= 4 is 39.4 Å². The van der Waals surface area contributed by atoms with Crippen LogP contribution in [0.4, 0.5) is 16.6 Å². The zero-order valence-corrected chi connectivity index (χ0v) is 24.6. The number of nitrogens with zero attached hydrogens (tertiary/aromatic N) is 5. The van der Waals surface area contributed by atoms with Gasteiger partial charge in [0.2, 0.25) is 11.8 Å². The minimum absolute atomic E-state index is 0.00596. The highest BCUT2D eigenvalue weighted by Crippen LogP contribution is 2.47. The predicted molar refractivity (Wildman–Crippen MR) is 157 cm³/mol. The lowest BCUT2D eigenvalue weighted by Crippen LogP contribution is -2.47. The molecule has 0 unspecified atom stereocenters. The fourth-order valence-electron chi connectivity index (χ4n) is 5.35. The summed E-state index contributed by atoms with van der Waals surface area (Å²) in [5.41, 5.74) is 2.59. The molecule has 10 nitrogen and oxygen atoms in total. The number of benzene rings is 1. The Morgan fingerprint density at radius 1 is 1.10 bits per heavy atom.